The summed E-state index contributed by atoms with van der Waals surface area (Å²) >= 11 is 0. The van der Waals surface area contributed by atoms with Crippen LogP contribution in [0, 0.1) is 11.8 Å². The topological polar surface area (TPSA) is 73.2 Å². The molecule has 1 aromatic carbocycles. The van der Waals surface area contributed by atoms with Crippen LogP contribution in [-0.4, -0.2) is 28.3 Å². The molecule has 0 aliphatic carbocycles. The van der Waals surface area contributed by atoms with Gasteiger partial charge in [0, 0.05) is 14.5 Å². The molecular weight excluding hydrogens is 318 g/mol. The zero-order valence-electron chi connectivity index (χ0n) is 13.5. The summed E-state index contributed by atoms with van der Waals surface area (Å²) < 4.78 is 6.52. The molecule has 1 amide bonds. The Morgan fingerprint density at radius 1 is 1.40 bits per heavy atom. The zero-order chi connectivity index (χ0) is 17.5. The van der Waals surface area contributed by atoms with Gasteiger partial charge in [0.1, 0.15) is 0 Å². The number of rotatable bonds is 4. The number of carbonyl (C=O) groups excluding carboxylic acids is 2. The van der Waals surface area contributed by atoms with Crippen LogP contribution in [0.2, 0.25) is 0 Å². The number of carbonyl (C=O) groups is 2. The molecule has 0 atom stereocenters. The van der Waals surface area contributed by atoms with E-state index in [-0.39, 0.29) is 20.7 Å². The lowest BCUT2D eigenvalue weighted by atomic mass is 10.2. The minimum Gasteiger partial charge on any atom is -0.462 e. The lowest BCUT2D eigenvalue weighted by Gasteiger charge is -2.04. The van der Waals surface area contributed by atoms with Gasteiger partial charge in [-0.1, -0.05) is 25.8 Å². The van der Waals surface area contributed by atoms with Gasteiger partial charge in [-0.25, -0.2) is 9.48 Å². The number of hydrogen-bond donors (Lipinski definition) is 1. The van der Waals surface area contributed by atoms with Crippen molar-refractivity contribution >= 4 is 17.7 Å². The lowest BCUT2D eigenvalue weighted by molar-refractivity contribution is -0.114. The molecule has 2 aromatic rings. The Bertz CT molecular complexity index is 830. The van der Waals surface area contributed by atoms with Gasteiger partial charge in [0.25, 0.3) is 0 Å². The van der Waals surface area contributed by atoms with Gasteiger partial charge < -0.3 is 10.1 Å². The second kappa shape index (κ2) is 9.08. The molecule has 0 saturated carbocycles. The zero-order valence-corrected chi connectivity index (χ0v) is 13.5. The van der Waals surface area contributed by atoms with Crippen LogP contribution >= 0.6 is 0 Å². The maximum atomic E-state index is 11.7. The second-order valence-electron chi connectivity index (χ2n) is 4.76. The molecule has 0 fully saturated rings. The maximum Gasteiger partial charge on any atom is 0.338 e. The first-order chi connectivity index (χ1) is 11.5. The van der Waals surface area contributed by atoms with E-state index in [2.05, 4.69) is 28.8 Å². The first-order valence-electron chi connectivity index (χ1n) is 7.32. The van der Waals surface area contributed by atoms with Crippen LogP contribution in [0.3, 0.4) is 0 Å². The van der Waals surface area contributed by atoms with Crippen molar-refractivity contribution in [2.45, 2.75) is 21.3 Å². The number of benzene rings is 1. The van der Waals surface area contributed by atoms with E-state index < -0.39 is 0 Å². The van der Waals surface area contributed by atoms with E-state index in [9.17, 15) is 9.59 Å². The van der Waals surface area contributed by atoms with Crippen molar-refractivity contribution in [1.29, 1.82) is 0 Å². The summed E-state index contributed by atoms with van der Waals surface area (Å²) in [5, 5.41) is 6.95. The normalized spacial score (nSPS) is 9.20. The summed E-state index contributed by atoms with van der Waals surface area (Å²) in [6.45, 7) is 7.02. The SMILES string of the molecule is C.C=CC#Cc1cn(-c2ccc(C(=O)OCC)cc2)nc1NC(C)=O.[HH]. The average molecular weight is 341 g/mol. The molecule has 6 heteroatoms. The van der Waals surface area contributed by atoms with Crippen molar-refractivity contribution < 1.29 is 15.8 Å². The molecule has 0 spiro atoms. The largest absolute Gasteiger partial charge is 0.462 e. The third-order valence-electron chi connectivity index (χ3n) is 2.96. The molecule has 6 nitrogen and oxygen atoms in total. The molecule has 0 unspecified atom stereocenters. The fraction of sp³-hybridized carbons (Fsp3) is 0.211. The Labute approximate surface area is 149 Å². The average Bonchev–Trinajstić information content (AvgIpc) is 2.95. The molecule has 0 radical (unpaired) electrons. The van der Waals surface area contributed by atoms with Crippen LogP contribution in [0.1, 0.15) is 38.6 Å². The molecule has 132 valence electrons. The van der Waals surface area contributed by atoms with Gasteiger partial charge in [-0.05, 0) is 37.3 Å². The minimum atomic E-state index is -0.374. The number of nitrogens with zero attached hydrogens (tertiary/aromatic N) is 2. The van der Waals surface area contributed by atoms with Crippen LogP contribution in [0.5, 0.6) is 0 Å². The highest BCUT2D eigenvalue weighted by molar-refractivity contribution is 5.90. The molecule has 0 saturated heterocycles. The van der Waals surface area contributed by atoms with Gasteiger partial charge >= 0.3 is 5.97 Å². The predicted molar refractivity (Wildman–Crippen MR) is 99.7 cm³/mol. The van der Waals surface area contributed by atoms with Crippen molar-refractivity contribution in [2.75, 3.05) is 11.9 Å². The molecule has 1 aromatic heterocycles. The van der Waals surface area contributed by atoms with Crippen molar-refractivity contribution in [3.05, 3.63) is 54.2 Å². The Morgan fingerprint density at radius 2 is 2.08 bits per heavy atom. The Morgan fingerprint density at radius 3 is 2.64 bits per heavy atom. The Hall–Kier alpha value is -3.33. The highest BCUT2D eigenvalue weighted by Crippen LogP contribution is 2.17. The van der Waals surface area contributed by atoms with Crippen molar-refractivity contribution in [1.82, 2.24) is 9.78 Å². The number of anilines is 1. The molecular formula is C19H23N3O3. The van der Waals surface area contributed by atoms with E-state index in [4.69, 9.17) is 4.74 Å². The van der Waals surface area contributed by atoms with E-state index >= 15 is 0 Å². The fourth-order valence-corrected chi connectivity index (χ4v) is 1.95. The third kappa shape index (κ3) is 5.08. The predicted octanol–water partition coefficient (Wildman–Crippen LogP) is 3.43. The summed E-state index contributed by atoms with van der Waals surface area (Å²) in [5.74, 6) is 5.35. The van der Waals surface area contributed by atoms with Crippen LogP contribution in [0.15, 0.2) is 43.1 Å². The lowest BCUT2D eigenvalue weighted by Crippen LogP contribution is -2.08. The quantitative estimate of drug-likeness (QED) is 0.683. The number of ether oxygens (including phenoxy) is 1. The van der Waals surface area contributed by atoms with Crippen LogP contribution in [0.4, 0.5) is 5.82 Å². The summed E-state index contributed by atoms with van der Waals surface area (Å²) in [6, 6.07) is 6.79. The number of aromatic nitrogens is 2. The number of hydrogen-bond acceptors (Lipinski definition) is 4. The van der Waals surface area contributed by atoms with Gasteiger partial charge in [-0.15, -0.1) is 5.10 Å². The summed E-state index contributed by atoms with van der Waals surface area (Å²) in [7, 11) is 0. The van der Waals surface area contributed by atoms with Crippen LogP contribution < -0.4 is 5.32 Å². The Balaban J connectivity index is 0.00000312. The fourth-order valence-electron chi connectivity index (χ4n) is 1.95. The Kier molecular flexibility index (Phi) is 7.16. The highest BCUT2D eigenvalue weighted by atomic mass is 16.5. The van der Waals surface area contributed by atoms with E-state index in [1.54, 1.807) is 42.1 Å². The number of nitrogens with one attached hydrogen (secondary N) is 1. The van der Waals surface area contributed by atoms with E-state index in [0.29, 0.717) is 23.6 Å². The first-order valence-corrected chi connectivity index (χ1v) is 7.32. The smallest absolute Gasteiger partial charge is 0.338 e. The monoisotopic (exact) mass is 341 g/mol. The minimum absolute atomic E-state index is 0. The number of esters is 1. The molecule has 0 bridgehead atoms. The van der Waals surface area contributed by atoms with Gasteiger partial charge in [0.05, 0.1) is 23.4 Å². The van der Waals surface area contributed by atoms with Gasteiger partial charge in [-0.2, -0.15) is 0 Å². The van der Waals surface area contributed by atoms with Gasteiger partial charge in [-0.3, -0.25) is 4.79 Å². The standard InChI is InChI=1S/C18H17N3O3.CH4.H2/c1-4-6-7-15-12-21(20-17(15)19-13(3)22)16-10-8-14(9-11-16)18(23)24-5-2;;/h4,8-12H,1,5H2,2-3H3,(H,19,20,22);1H4;1H. The third-order valence-corrected chi connectivity index (χ3v) is 2.96. The van der Waals surface area contributed by atoms with E-state index in [0.717, 1.165) is 5.69 Å². The molecule has 2 rings (SSSR count). The van der Waals surface area contributed by atoms with E-state index in [1.165, 1.54) is 13.0 Å². The molecule has 0 aliphatic heterocycles. The van der Waals surface area contributed by atoms with Crippen LogP contribution in [-0.2, 0) is 9.53 Å². The van der Waals surface area contributed by atoms with Crippen LogP contribution in [0.25, 0.3) is 5.69 Å². The number of allylic oxidation sites excluding steroid dienone is 1. The van der Waals surface area contributed by atoms with Gasteiger partial charge in [0.15, 0.2) is 5.82 Å². The summed E-state index contributed by atoms with van der Waals surface area (Å²) in [4.78, 5) is 23.0. The summed E-state index contributed by atoms with van der Waals surface area (Å²) in [6.07, 6.45) is 3.16. The molecule has 0 aliphatic rings. The summed E-state index contributed by atoms with van der Waals surface area (Å²) in [5.41, 5.74) is 1.75. The molecule has 1 heterocycles. The first kappa shape index (κ1) is 19.7. The molecule has 25 heavy (non-hydrogen) atoms. The number of amides is 1. The highest BCUT2D eigenvalue weighted by Gasteiger charge is 2.11. The van der Waals surface area contributed by atoms with Crippen molar-refractivity contribution in [2.24, 2.45) is 0 Å². The van der Waals surface area contributed by atoms with Gasteiger partial charge in [0.2, 0.25) is 5.91 Å². The second-order valence-corrected chi connectivity index (χ2v) is 4.76. The maximum absolute atomic E-state index is 11.7. The van der Waals surface area contributed by atoms with Crippen molar-refractivity contribution in [3.63, 3.8) is 0 Å². The van der Waals surface area contributed by atoms with Crippen molar-refractivity contribution in [3.8, 4) is 17.5 Å². The van der Waals surface area contributed by atoms with E-state index in [1.807, 2.05) is 0 Å². The molecule has 1 N–H and O–H groups in total.